The van der Waals surface area contributed by atoms with Crippen molar-refractivity contribution in [2.24, 2.45) is 5.92 Å². The Morgan fingerprint density at radius 3 is 2.64 bits per heavy atom. The number of benzene rings is 1. The van der Waals surface area contributed by atoms with Crippen LogP contribution in [0.4, 0.5) is 13.6 Å². The van der Waals surface area contributed by atoms with E-state index in [1.54, 1.807) is 0 Å². The summed E-state index contributed by atoms with van der Waals surface area (Å²) in [5, 5.41) is 4.32. The van der Waals surface area contributed by atoms with Gasteiger partial charge in [-0.2, -0.15) is 0 Å². The number of nitrogens with one attached hydrogen (secondary N) is 3. The molecule has 5 aliphatic rings. The lowest BCUT2D eigenvalue weighted by atomic mass is 10.0. The summed E-state index contributed by atoms with van der Waals surface area (Å²) in [6.07, 6.45) is 1.96. The van der Waals surface area contributed by atoms with E-state index < -0.39 is 87.5 Å². The minimum absolute atomic E-state index is 0.00888. The highest BCUT2D eigenvalue weighted by Crippen LogP contribution is 2.45. The topological polar surface area (TPSA) is 171 Å². The van der Waals surface area contributed by atoms with Crippen LogP contribution in [0.15, 0.2) is 36.9 Å². The molecule has 0 spiro atoms. The van der Waals surface area contributed by atoms with Gasteiger partial charge in [0.1, 0.15) is 23.7 Å². The van der Waals surface area contributed by atoms with Crippen molar-refractivity contribution in [3.05, 3.63) is 53.6 Å². The smallest absolute Gasteiger partial charge is 0.410 e. The molecule has 6 rings (SSSR count). The fourth-order valence-electron chi connectivity index (χ4n) is 6.97. The van der Waals surface area contributed by atoms with E-state index in [0.717, 1.165) is 21.6 Å². The number of allylic oxidation sites excluding steroid dienone is 1. The Labute approximate surface area is 288 Å². The van der Waals surface area contributed by atoms with Crippen LogP contribution >= 0.6 is 0 Å². The molecule has 2 aliphatic carbocycles. The van der Waals surface area contributed by atoms with Gasteiger partial charge in [-0.3, -0.25) is 28.8 Å². The molecule has 1 aromatic carbocycles. The van der Waals surface area contributed by atoms with E-state index in [1.165, 1.54) is 11.0 Å². The number of nitrogens with zero attached hydrogens (tertiary/aromatic N) is 2. The zero-order valence-electron chi connectivity index (χ0n) is 27.4. The molecule has 1 aromatic rings. The molecule has 16 heteroatoms. The van der Waals surface area contributed by atoms with Crippen LogP contribution in [0.25, 0.3) is 6.08 Å². The summed E-state index contributed by atoms with van der Waals surface area (Å²) in [6.45, 7) is 3.89. The van der Waals surface area contributed by atoms with E-state index in [9.17, 15) is 41.2 Å². The van der Waals surface area contributed by atoms with Gasteiger partial charge in [0, 0.05) is 31.7 Å². The lowest BCUT2D eigenvalue weighted by Crippen LogP contribution is -2.58. The second-order valence-electron chi connectivity index (χ2n) is 13.7. The van der Waals surface area contributed by atoms with E-state index in [-0.39, 0.29) is 38.9 Å². The van der Waals surface area contributed by atoms with Crippen LogP contribution in [0, 0.1) is 5.92 Å². The molecule has 4 bridgehead atoms. The van der Waals surface area contributed by atoms with Crippen LogP contribution in [0.2, 0.25) is 0 Å². The zero-order valence-corrected chi connectivity index (χ0v) is 28.3. The van der Waals surface area contributed by atoms with Crippen molar-refractivity contribution < 1.29 is 45.9 Å². The van der Waals surface area contributed by atoms with Crippen molar-refractivity contribution in [3.63, 3.8) is 0 Å². The number of halogens is 2. The first-order chi connectivity index (χ1) is 23.8. The molecular formula is C34H41F2N5O8S. The summed E-state index contributed by atoms with van der Waals surface area (Å²) in [5.74, 6) is -4.00. The molecule has 3 aliphatic heterocycles. The average Bonchev–Trinajstić information content (AvgIpc) is 3.95. The van der Waals surface area contributed by atoms with E-state index in [2.05, 4.69) is 21.9 Å². The Hall–Kier alpha value is -4.34. The van der Waals surface area contributed by atoms with E-state index in [0.29, 0.717) is 32.1 Å². The Bertz CT molecular complexity index is 1720. The summed E-state index contributed by atoms with van der Waals surface area (Å²) >= 11 is 0. The van der Waals surface area contributed by atoms with Gasteiger partial charge < -0.3 is 20.3 Å². The van der Waals surface area contributed by atoms with Crippen LogP contribution in [0.5, 0.6) is 0 Å². The van der Waals surface area contributed by atoms with E-state index in [4.69, 9.17) is 4.74 Å². The van der Waals surface area contributed by atoms with Crippen LogP contribution in [0.3, 0.4) is 0 Å². The number of rotatable bonds is 8. The zero-order chi connectivity index (χ0) is 35.8. The first kappa shape index (κ1) is 35.5. The van der Waals surface area contributed by atoms with Crippen molar-refractivity contribution in [1.29, 1.82) is 0 Å². The number of carbonyl (C=O) groups excluding carboxylic acids is 5. The largest absolute Gasteiger partial charge is 0.444 e. The van der Waals surface area contributed by atoms with E-state index in [1.807, 2.05) is 30.4 Å². The van der Waals surface area contributed by atoms with Gasteiger partial charge in [-0.1, -0.05) is 36.4 Å². The molecule has 270 valence electrons. The van der Waals surface area contributed by atoms with Gasteiger partial charge in [0.15, 0.2) is 0 Å². The molecule has 3 N–H and O–H groups in total. The first-order valence-corrected chi connectivity index (χ1v) is 18.5. The summed E-state index contributed by atoms with van der Waals surface area (Å²) < 4.78 is 60.5. The molecule has 1 saturated heterocycles. The molecule has 50 heavy (non-hydrogen) atoms. The minimum atomic E-state index is -3.96. The van der Waals surface area contributed by atoms with Crippen LogP contribution in [-0.2, 0) is 47.0 Å². The number of carbonyl (C=O) groups is 5. The van der Waals surface area contributed by atoms with Crippen molar-refractivity contribution >= 4 is 45.8 Å². The summed E-state index contributed by atoms with van der Waals surface area (Å²) in [7, 11) is -3.96. The molecule has 5 amide bonds. The SMILES string of the molecule is C=C[C@@H]1C[C@]1(NC(=O)[C@@H]1C[C@@H]2CN1C(=O)[C@H](CC(F)F)NC(=O)CCCC/C=C/c1cccc3c1CN(C3)C(=O)O2)C(=O)NS(=O)(=O)C1CC1. The summed E-state index contributed by atoms with van der Waals surface area (Å²) in [4.78, 5) is 69.9. The molecule has 13 nitrogen and oxygen atoms in total. The third kappa shape index (κ3) is 7.54. The second-order valence-corrected chi connectivity index (χ2v) is 15.6. The molecule has 3 fully saturated rings. The molecule has 0 aromatic heterocycles. The van der Waals surface area contributed by atoms with Gasteiger partial charge in [-0.15, -0.1) is 6.58 Å². The van der Waals surface area contributed by atoms with Crippen LogP contribution < -0.4 is 15.4 Å². The molecule has 5 atom stereocenters. The third-order valence-electron chi connectivity index (χ3n) is 10.0. The maximum atomic E-state index is 14.0. The fourth-order valence-corrected chi connectivity index (χ4v) is 8.33. The van der Waals surface area contributed by atoms with Crippen molar-refractivity contribution in [1.82, 2.24) is 25.2 Å². The molecule has 0 radical (unpaired) electrons. The lowest BCUT2D eigenvalue weighted by molar-refractivity contribution is -0.143. The number of hydrogen-bond donors (Lipinski definition) is 3. The van der Waals surface area contributed by atoms with Gasteiger partial charge in [-0.25, -0.2) is 22.0 Å². The molecule has 2 saturated carbocycles. The van der Waals surface area contributed by atoms with Gasteiger partial charge in [0.05, 0.1) is 18.3 Å². The Kier molecular flexibility index (Phi) is 10.0. The first-order valence-electron chi connectivity index (χ1n) is 16.9. The van der Waals surface area contributed by atoms with E-state index >= 15 is 0 Å². The predicted octanol–water partition coefficient (Wildman–Crippen LogP) is 2.50. The van der Waals surface area contributed by atoms with Crippen molar-refractivity contribution in [2.75, 3.05) is 6.54 Å². The van der Waals surface area contributed by atoms with Gasteiger partial charge >= 0.3 is 6.09 Å². The Balaban J connectivity index is 1.26. The van der Waals surface area contributed by atoms with Gasteiger partial charge in [-0.05, 0) is 55.2 Å². The van der Waals surface area contributed by atoms with Crippen molar-refractivity contribution in [3.8, 4) is 0 Å². The predicted molar refractivity (Wildman–Crippen MR) is 175 cm³/mol. The Morgan fingerprint density at radius 2 is 1.94 bits per heavy atom. The quantitative estimate of drug-likeness (QED) is 0.345. The minimum Gasteiger partial charge on any atom is -0.444 e. The number of fused-ring (bicyclic) bond motifs is 3. The highest BCUT2D eigenvalue weighted by atomic mass is 32.2. The standard InChI is InChI=1S/C34H41F2N5O8S/c1-2-22-16-34(22,32(45)39-50(47,48)24-12-13-24)38-30(43)27-14-23-18-41(27)31(44)26(15-28(35)36)37-29(42)11-6-4-3-5-8-20-9-7-10-21-17-40(19-25(20)21)33(46)49-23/h2,5,7-10,22-24,26-28H,1,3-4,6,11-19H2,(H,37,42)(H,38,43)(H,39,45)/b8-5+/t22-,23-,26+,27+,34-/m1/s1. The molecule has 3 heterocycles. The fraction of sp³-hybridized carbons (Fsp3) is 0.559. The number of hydrogen-bond acceptors (Lipinski definition) is 8. The summed E-state index contributed by atoms with van der Waals surface area (Å²) in [6, 6.07) is 2.68. The number of alkyl halides is 2. The average molecular weight is 718 g/mol. The lowest BCUT2D eigenvalue weighted by Gasteiger charge is -2.29. The number of ether oxygens (including phenoxy) is 1. The summed E-state index contributed by atoms with van der Waals surface area (Å²) in [5.41, 5.74) is 1.18. The third-order valence-corrected chi connectivity index (χ3v) is 11.8. The normalized spacial score (nSPS) is 29.3. The van der Waals surface area contributed by atoms with Crippen LogP contribution in [-0.4, -0.2) is 89.9 Å². The van der Waals surface area contributed by atoms with Gasteiger partial charge in [0.2, 0.25) is 34.2 Å². The maximum absolute atomic E-state index is 14.0. The highest BCUT2D eigenvalue weighted by molar-refractivity contribution is 7.91. The van der Waals surface area contributed by atoms with Crippen molar-refractivity contribution in [2.45, 2.75) is 106 Å². The highest BCUT2D eigenvalue weighted by Gasteiger charge is 2.62. The monoisotopic (exact) mass is 717 g/mol. The molecule has 0 unspecified atom stereocenters. The van der Waals surface area contributed by atoms with Gasteiger partial charge in [0.25, 0.3) is 5.91 Å². The molecular weight excluding hydrogens is 676 g/mol. The maximum Gasteiger partial charge on any atom is 0.410 e. The second kappa shape index (κ2) is 14.1. The Morgan fingerprint density at radius 1 is 1.16 bits per heavy atom. The number of amides is 5. The van der Waals surface area contributed by atoms with Crippen LogP contribution in [0.1, 0.15) is 74.5 Å². The number of sulfonamides is 1.